The summed E-state index contributed by atoms with van der Waals surface area (Å²) in [4.78, 5) is 2.02. The molecule has 0 spiro atoms. The Kier molecular flexibility index (Phi) is 5.32. The summed E-state index contributed by atoms with van der Waals surface area (Å²) in [6.07, 6.45) is 0. The summed E-state index contributed by atoms with van der Waals surface area (Å²) >= 11 is 0. The molecular weight excluding hydrogens is 333 g/mol. The molecule has 5 nitrogen and oxygen atoms in total. The number of hydrogen-bond acceptors (Lipinski definition) is 5. The van der Waals surface area contributed by atoms with Gasteiger partial charge in [-0.05, 0) is 50.7 Å². The van der Waals surface area contributed by atoms with Gasteiger partial charge in [-0.1, -0.05) is 23.8 Å². The van der Waals surface area contributed by atoms with Crippen molar-refractivity contribution in [3.05, 3.63) is 65.3 Å². The second kappa shape index (κ2) is 7.66. The predicted molar refractivity (Wildman–Crippen MR) is 97.3 cm³/mol. The van der Waals surface area contributed by atoms with Gasteiger partial charge in [0.25, 0.3) is 0 Å². The van der Waals surface area contributed by atoms with Gasteiger partial charge >= 0.3 is 0 Å². The van der Waals surface area contributed by atoms with Gasteiger partial charge in [-0.25, -0.2) is 4.39 Å². The highest BCUT2D eigenvalue weighted by Gasteiger charge is 2.19. The molecule has 1 heterocycles. The van der Waals surface area contributed by atoms with Crippen molar-refractivity contribution >= 4 is 0 Å². The number of aryl methyl sites for hydroxylation is 1. The first-order valence-corrected chi connectivity index (χ1v) is 8.41. The molecule has 136 valence electrons. The van der Waals surface area contributed by atoms with Crippen LogP contribution in [0.25, 0.3) is 11.5 Å². The molecule has 1 atom stereocenters. The van der Waals surface area contributed by atoms with Crippen molar-refractivity contribution in [2.75, 3.05) is 14.2 Å². The standard InChI is InChI=1S/C20H22FN3O2/c1-13-5-8-16(9-6-13)20-23-22-19(26-20)14(2)24(3)12-15-7-10-18(25-4)17(21)11-15/h5-11,14H,12H2,1-4H3/t14-/m1/s1. The van der Waals surface area contributed by atoms with E-state index in [1.54, 1.807) is 6.07 Å². The number of halogens is 1. The zero-order valence-corrected chi connectivity index (χ0v) is 15.4. The Morgan fingerprint density at radius 3 is 2.54 bits per heavy atom. The average Bonchev–Trinajstić information content (AvgIpc) is 3.12. The van der Waals surface area contributed by atoms with E-state index in [1.807, 2.05) is 56.1 Å². The lowest BCUT2D eigenvalue weighted by Gasteiger charge is -2.21. The molecule has 0 saturated carbocycles. The van der Waals surface area contributed by atoms with Gasteiger partial charge in [-0.15, -0.1) is 10.2 Å². The smallest absolute Gasteiger partial charge is 0.247 e. The Morgan fingerprint density at radius 2 is 1.88 bits per heavy atom. The lowest BCUT2D eigenvalue weighted by molar-refractivity contribution is 0.217. The van der Waals surface area contributed by atoms with E-state index in [0.717, 1.165) is 11.1 Å². The number of nitrogens with zero attached hydrogens (tertiary/aromatic N) is 3. The number of ether oxygens (including phenoxy) is 1. The summed E-state index contributed by atoms with van der Waals surface area (Å²) in [7, 11) is 3.38. The van der Waals surface area contributed by atoms with Crippen LogP contribution in [0.4, 0.5) is 4.39 Å². The number of hydrogen-bond donors (Lipinski definition) is 0. The maximum absolute atomic E-state index is 13.9. The number of rotatable bonds is 6. The first-order valence-electron chi connectivity index (χ1n) is 8.41. The van der Waals surface area contributed by atoms with Crippen LogP contribution in [0.2, 0.25) is 0 Å². The Bertz CT molecular complexity index is 877. The average molecular weight is 355 g/mol. The van der Waals surface area contributed by atoms with Crippen molar-refractivity contribution in [2.45, 2.75) is 26.4 Å². The molecule has 0 radical (unpaired) electrons. The van der Waals surface area contributed by atoms with Crippen LogP contribution in [0, 0.1) is 12.7 Å². The molecule has 0 N–H and O–H groups in total. The fourth-order valence-corrected chi connectivity index (χ4v) is 2.64. The monoisotopic (exact) mass is 355 g/mol. The van der Waals surface area contributed by atoms with E-state index >= 15 is 0 Å². The van der Waals surface area contributed by atoms with Crippen molar-refractivity contribution in [1.29, 1.82) is 0 Å². The van der Waals surface area contributed by atoms with E-state index in [0.29, 0.717) is 18.3 Å². The topological polar surface area (TPSA) is 51.4 Å². The lowest BCUT2D eigenvalue weighted by Crippen LogP contribution is -2.22. The van der Waals surface area contributed by atoms with E-state index in [4.69, 9.17) is 9.15 Å². The fourth-order valence-electron chi connectivity index (χ4n) is 2.64. The highest BCUT2D eigenvalue weighted by molar-refractivity contribution is 5.52. The van der Waals surface area contributed by atoms with Crippen molar-refractivity contribution in [2.24, 2.45) is 0 Å². The lowest BCUT2D eigenvalue weighted by atomic mass is 10.1. The van der Waals surface area contributed by atoms with Gasteiger partial charge in [0.15, 0.2) is 11.6 Å². The third-order valence-electron chi connectivity index (χ3n) is 4.41. The molecule has 26 heavy (non-hydrogen) atoms. The van der Waals surface area contributed by atoms with E-state index in [9.17, 15) is 4.39 Å². The molecule has 3 rings (SSSR count). The minimum Gasteiger partial charge on any atom is -0.494 e. The van der Waals surface area contributed by atoms with E-state index in [-0.39, 0.29) is 17.6 Å². The maximum Gasteiger partial charge on any atom is 0.247 e. The third-order valence-corrected chi connectivity index (χ3v) is 4.41. The van der Waals surface area contributed by atoms with Gasteiger partial charge < -0.3 is 9.15 Å². The van der Waals surface area contributed by atoms with Gasteiger partial charge in [0.05, 0.1) is 13.2 Å². The molecule has 0 bridgehead atoms. The summed E-state index contributed by atoms with van der Waals surface area (Å²) in [5.74, 6) is 0.891. The minimum atomic E-state index is -0.370. The van der Waals surface area contributed by atoms with Crippen molar-refractivity contribution in [3.63, 3.8) is 0 Å². The van der Waals surface area contributed by atoms with Gasteiger partial charge in [0, 0.05) is 12.1 Å². The molecule has 1 aromatic heterocycles. The molecule has 3 aromatic rings. The summed E-state index contributed by atoms with van der Waals surface area (Å²) in [5, 5.41) is 8.31. The molecule has 0 saturated heterocycles. The molecule has 0 fully saturated rings. The van der Waals surface area contributed by atoms with Crippen LogP contribution in [-0.2, 0) is 6.54 Å². The summed E-state index contributed by atoms with van der Waals surface area (Å²) in [5.41, 5.74) is 2.91. The molecule has 0 unspecified atom stereocenters. The number of methoxy groups -OCH3 is 1. The van der Waals surface area contributed by atoms with Gasteiger partial charge in [0.2, 0.25) is 11.8 Å². The highest BCUT2D eigenvalue weighted by atomic mass is 19.1. The van der Waals surface area contributed by atoms with Crippen LogP contribution in [-0.4, -0.2) is 29.3 Å². The van der Waals surface area contributed by atoms with Crippen molar-refractivity contribution in [1.82, 2.24) is 15.1 Å². The van der Waals surface area contributed by atoms with Crippen LogP contribution in [0.1, 0.15) is 30.0 Å². The summed E-state index contributed by atoms with van der Waals surface area (Å²) < 4.78 is 24.6. The van der Waals surface area contributed by atoms with E-state index < -0.39 is 0 Å². The van der Waals surface area contributed by atoms with Gasteiger partial charge in [-0.3, -0.25) is 4.90 Å². The highest BCUT2D eigenvalue weighted by Crippen LogP contribution is 2.25. The Morgan fingerprint density at radius 1 is 1.15 bits per heavy atom. The van der Waals surface area contributed by atoms with Crippen LogP contribution in [0.15, 0.2) is 46.9 Å². The molecule has 0 aliphatic heterocycles. The van der Waals surface area contributed by atoms with Crippen LogP contribution < -0.4 is 4.74 Å². The van der Waals surface area contributed by atoms with Gasteiger partial charge in [-0.2, -0.15) is 0 Å². The van der Waals surface area contributed by atoms with Crippen molar-refractivity contribution < 1.29 is 13.5 Å². The molecule has 6 heteroatoms. The molecule has 0 amide bonds. The Balaban J connectivity index is 1.71. The molecule has 0 aliphatic rings. The molecular formula is C20H22FN3O2. The SMILES string of the molecule is COc1ccc(CN(C)[C@H](C)c2nnc(-c3ccc(C)cc3)o2)cc1F. The molecule has 0 aliphatic carbocycles. The van der Waals surface area contributed by atoms with Crippen LogP contribution in [0.5, 0.6) is 5.75 Å². The second-order valence-corrected chi connectivity index (χ2v) is 6.37. The zero-order valence-electron chi connectivity index (χ0n) is 15.4. The number of aromatic nitrogens is 2. The third kappa shape index (κ3) is 3.91. The van der Waals surface area contributed by atoms with Gasteiger partial charge in [0.1, 0.15) is 0 Å². The van der Waals surface area contributed by atoms with Crippen LogP contribution in [0.3, 0.4) is 0 Å². The van der Waals surface area contributed by atoms with E-state index in [2.05, 4.69) is 10.2 Å². The summed E-state index contributed by atoms with van der Waals surface area (Å²) in [6, 6.07) is 12.8. The first kappa shape index (κ1) is 18.1. The maximum atomic E-state index is 13.9. The Hall–Kier alpha value is -2.73. The quantitative estimate of drug-likeness (QED) is 0.656. The number of benzene rings is 2. The largest absolute Gasteiger partial charge is 0.494 e. The zero-order chi connectivity index (χ0) is 18.7. The molecule has 2 aromatic carbocycles. The van der Waals surface area contributed by atoms with Crippen molar-refractivity contribution in [3.8, 4) is 17.2 Å². The first-order chi connectivity index (χ1) is 12.5. The predicted octanol–water partition coefficient (Wildman–Crippen LogP) is 4.39. The van der Waals surface area contributed by atoms with E-state index in [1.165, 1.54) is 18.7 Å². The fraction of sp³-hybridized carbons (Fsp3) is 0.300. The minimum absolute atomic E-state index is 0.105. The Labute approximate surface area is 152 Å². The summed E-state index contributed by atoms with van der Waals surface area (Å²) in [6.45, 7) is 4.55. The van der Waals surface area contributed by atoms with Crippen LogP contribution >= 0.6 is 0 Å². The normalized spacial score (nSPS) is 12.4. The second-order valence-electron chi connectivity index (χ2n) is 6.37.